The molecular formula is C19H17N3O3. The van der Waals surface area contributed by atoms with Gasteiger partial charge in [-0.15, -0.1) is 0 Å². The number of carbonyl (C=O) groups excluding carboxylic acids is 1. The molecular weight excluding hydrogens is 318 g/mol. The molecule has 2 aromatic carbocycles. The predicted molar refractivity (Wildman–Crippen MR) is 96.0 cm³/mol. The topological polar surface area (TPSA) is 79.2 Å². The van der Waals surface area contributed by atoms with E-state index in [9.17, 15) is 14.9 Å². The number of amides is 1. The van der Waals surface area contributed by atoms with Crippen molar-refractivity contribution in [3.05, 3.63) is 69.9 Å². The number of non-ortho nitro benzene ring substituents is 1. The van der Waals surface area contributed by atoms with Crippen molar-refractivity contribution in [1.29, 1.82) is 0 Å². The summed E-state index contributed by atoms with van der Waals surface area (Å²) in [7, 11) is 0. The van der Waals surface area contributed by atoms with Crippen LogP contribution >= 0.6 is 0 Å². The quantitative estimate of drug-likeness (QED) is 0.566. The molecule has 1 aliphatic rings. The Morgan fingerprint density at radius 2 is 1.84 bits per heavy atom. The lowest BCUT2D eigenvalue weighted by Crippen LogP contribution is -2.31. The minimum absolute atomic E-state index is 0.0137. The van der Waals surface area contributed by atoms with Crippen molar-refractivity contribution < 1.29 is 9.72 Å². The number of anilines is 1. The zero-order valence-corrected chi connectivity index (χ0v) is 13.6. The van der Waals surface area contributed by atoms with E-state index in [1.54, 1.807) is 0 Å². The standard InChI is InChI=1S/C19H17N3O3/c23-19(13-8-10-14(11-9-13)22(24)25)21-12-4-3-7-17-18(21)15-5-1-2-6-16(15)20-17/h1-2,5-6,8-11,20H,3-4,7,12H2. The first-order valence-corrected chi connectivity index (χ1v) is 8.31. The molecule has 0 fully saturated rings. The van der Waals surface area contributed by atoms with Crippen molar-refractivity contribution in [3.8, 4) is 0 Å². The van der Waals surface area contributed by atoms with Crippen LogP contribution in [0.15, 0.2) is 48.5 Å². The third kappa shape index (κ3) is 2.65. The zero-order valence-electron chi connectivity index (χ0n) is 13.6. The number of H-pyrrole nitrogens is 1. The molecule has 4 rings (SSSR count). The summed E-state index contributed by atoms with van der Waals surface area (Å²) >= 11 is 0. The van der Waals surface area contributed by atoms with Gasteiger partial charge in [-0.25, -0.2) is 0 Å². The number of nitro groups is 1. The first kappa shape index (κ1) is 15.4. The van der Waals surface area contributed by atoms with Crippen molar-refractivity contribution >= 4 is 28.2 Å². The largest absolute Gasteiger partial charge is 0.357 e. The lowest BCUT2D eigenvalue weighted by atomic mass is 10.1. The van der Waals surface area contributed by atoms with E-state index in [1.807, 2.05) is 29.2 Å². The van der Waals surface area contributed by atoms with Crippen molar-refractivity contribution in [2.24, 2.45) is 0 Å². The van der Waals surface area contributed by atoms with Crippen LogP contribution in [0.5, 0.6) is 0 Å². The zero-order chi connectivity index (χ0) is 17.4. The van der Waals surface area contributed by atoms with Crippen LogP contribution in [-0.2, 0) is 6.42 Å². The Morgan fingerprint density at radius 3 is 2.60 bits per heavy atom. The van der Waals surface area contributed by atoms with E-state index in [4.69, 9.17) is 0 Å². The van der Waals surface area contributed by atoms with Gasteiger partial charge in [0.1, 0.15) is 0 Å². The molecule has 1 N–H and O–H groups in total. The lowest BCUT2D eigenvalue weighted by molar-refractivity contribution is -0.384. The molecule has 1 aromatic heterocycles. The molecule has 1 aliphatic heterocycles. The molecule has 0 spiro atoms. The highest BCUT2D eigenvalue weighted by Gasteiger charge is 2.26. The Hall–Kier alpha value is -3.15. The van der Waals surface area contributed by atoms with E-state index < -0.39 is 4.92 Å². The molecule has 0 unspecified atom stereocenters. The van der Waals surface area contributed by atoms with Crippen LogP contribution in [0, 0.1) is 10.1 Å². The molecule has 6 heteroatoms. The molecule has 25 heavy (non-hydrogen) atoms. The highest BCUT2D eigenvalue weighted by Crippen LogP contribution is 2.35. The van der Waals surface area contributed by atoms with E-state index in [2.05, 4.69) is 4.98 Å². The number of nitro benzene ring substituents is 1. The molecule has 0 bridgehead atoms. The monoisotopic (exact) mass is 335 g/mol. The van der Waals surface area contributed by atoms with E-state index in [0.717, 1.165) is 41.5 Å². The number of hydrogen-bond acceptors (Lipinski definition) is 3. The van der Waals surface area contributed by atoms with Gasteiger partial charge in [-0.3, -0.25) is 14.9 Å². The summed E-state index contributed by atoms with van der Waals surface area (Å²) in [6.45, 7) is 0.644. The van der Waals surface area contributed by atoms with E-state index in [-0.39, 0.29) is 11.6 Å². The maximum Gasteiger partial charge on any atom is 0.269 e. The number of hydrogen-bond donors (Lipinski definition) is 1. The van der Waals surface area contributed by atoms with Gasteiger partial charge in [0.05, 0.1) is 10.6 Å². The highest BCUT2D eigenvalue weighted by atomic mass is 16.6. The first-order chi connectivity index (χ1) is 12.1. The summed E-state index contributed by atoms with van der Waals surface area (Å²) in [6, 6.07) is 13.8. The fourth-order valence-corrected chi connectivity index (χ4v) is 3.44. The maximum absolute atomic E-state index is 13.1. The van der Waals surface area contributed by atoms with Gasteiger partial charge >= 0.3 is 0 Å². The molecule has 1 amide bonds. The Morgan fingerprint density at radius 1 is 1.08 bits per heavy atom. The second-order valence-electron chi connectivity index (χ2n) is 6.22. The number of fused-ring (bicyclic) bond motifs is 3. The summed E-state index contributed by atoms with van der Waals surface area (Å²) in [5.41, 5.74) is 3.49. The van der Waals surface area contributed by atoms with Crippen molar-refractivity contribution in [3.63, 3.8) is 0 Å². The Kier molecular flexibility index (Phi) is 3.72. The van der Waals surface area contributed by atoms with Crippen LogP contribution in [0.25, 0.3) is 10.9 Å². The number of carbonyl (C=O) groups is 1. The Balaban J connectivity index is 1.77. The van der Waals surface area contributed by atoms with Crippen molar-refractivity contribution in [2.45, 2.75) is 19.3 Å². The summed E-state index contributed by atoms with van der Waals surface area (Å²) in [5, 5.41) is 11.8. The number of aryl methyl sites for hydroxylation is 1. The summed E-state index contributed by atoms with van der Waals surface area (Å²) in [5.74, 6) is -0.122. The van der Waals surface area contributed by atoms with Gasteiger partial charge in [0.2, 0.25) is 0 Å². The van der Waals surface area contributed by atoms with Gasteiger partial charge in [0, 0.05) is 40.8 Å². The average molecular weight is 335 g/mol. The molecule has 0 radical (unpaired) electrons. The summed E-state index contributed by atoms with van der Waals surface area (Å²) in [4.78, 5) is 28.7. The van der Waals surface area contributed by atoms with Crippen molar-refractivity contribution in [2.75, 3.05) is 11.4 Å². The lowest BCUT2D eigenvalue weighted by Gasteiger charge is -2.21. The van der Waals surface area contributed by atoms with Gasteiger partial charge in [0.15, 0.2) is 0 Å². The van der Waals surface area contributed by atoms with E-state index in [0.29, 0.717) is 12.1 Å². The Bertz CT molecular complexity index is 960. The fourth-order valence-electron chi connectivity index (χ4n) is 3.44. The number of aromatic nitrogens is 1. The van der Waals surface area contributed by atoms with Crippen LogP contribution in [0.1, 0.15) is 28.9 Å². The minimum Gasteiger partial charge on any atom is -0.357 e. The molecule has 3 aromatic rings. The number of benzene rings is 2. The van der Waals surface area contributed by atoms with Crippen molar-refractivity contribution in [1.82, 2.24) is 4.98 Å². The molecule has 0 aliphatic carbocycles. The van der Waals surface area contributed by atoms with Gasteiger partial charge in [-0.2, -0.15) is 0 Å². The first-order valence-electron chi connectivity index (χ1n) is 8.31. The predicted octanol–water partition coefficient (Wildman–Crippen LogP) is 4.06. The molecule has 0 atom stereocenters. The third-order valence-electron chi connectivity index (χ3n) is 4.65. The SMILES string of the molecule is O=C(c1ccc([N+](=O)[O-])cc1)N1CCCCc2[nH]c3ccccc3c21. The summed E-state index contributed by atoms with van der Waals surface area (Å²) < 4.78 is 0. The van der Waals surface area contributed by atoms with Crippen LogP contribution in [0.4, 0.5) is 11.4 Å². The number of nitrogens with one attached hydrogen (secondary N) is 1. The molecule has 0 saturated heterocycles. The summed E-state index contributed by atoms with van der Waals surface area (Å²) in [6.07, 6.45) is 2.85. The Labute approximate surface area is 144 Å². The second kappa shape index (κ2) is 6.05. The number of aromatic amines is 1. The van der Waals surface area contributed by atoms with Gasteiger partial charge in [0.25, 0.3) is 11.6 Å². The van der Waals surface area contributed by atoms with Crippen LogP contribution in [0.3, 0.4) is 0 Å². The maximum atomic E-state index is 13.1. The average Bonchev–Trinajstić information content (AvgIpc) is 2.86. The number of para-hydroxylation sites is 1. The van der Waals surface area contributed by atoms with Crippen LogP contribution in [-0.4, -0.2) is 22.4 Å². The van der Waals surface area contributed by atoms with Gasteiger partial charge in [-0.1, -0.05) is 18.2 Å². The smallest absolute Gasteiger partial charge is 0.269 e. The van der Waals surface area contributed by atoms with E-state index in [1.165, 1.54) is 24.3 Å². The minimum atomic E-state index is -0.460. The van der Waals surface area contributed by atoms with Gasteiger partial charge < -0.3 is 9.88 Å². The third-order valence-corrected chi connectivity index (χ3v) is 4.65. The molecule has 0 saturated carbocycles. The number of rotatable bonds is 2. The van der Waals surface area contributed by atoms with E-state index >= 15 is 0 Å². The second-order valence-corrected chi connectivity index (χ2v) is 6.22. The molecule has 2 heterocycles. The molecule has 6 nitrogen and oxygen atoms in total. The van der Waals surface area contributed by atoms with Crippen LogP contribution in [0.2, 0.25) is 0 Å². The normalized spacial score (nSPS) is 14.2. The fraction of sp³-hybridized carbons (Fsp3) is 0.211. The highest BCUT2D eigenvalue weighted by molar-refractivity contribution is 6.11. The molecule has 126 valence electrons. The van der Waals surface area contributed by atoms with Crippen LogP contribution < -0.4 is 4.90 Å². The number of nitrogens with zero attached hydrogens (tertiary/aromatic N) is 2. The van der Waals surface area contributed by atoms with Gasteiger partial charge in [-0.05, 0) is 37.5 Å².